The van der Waals surface area contributed by atoms with E-state index in [1.165, 1.54) is 0 Å². The van der Waals surface area contributed by atoms with E-state index < -0.39 is 10.0 Å². The average Bonchev–Trinajstić information content (AvgIpc) is 2.42. The van der Waals surface area contributed by atoms with Crippen LogP contribution in [0.1, 0.15) is 37.0 Å². The van der Waals surface area contributed by atoms with Gasteiger partial charge in [0.15, 0.2) is 0 Å². The number of nitrogens with one attached hydrogen (secondary N) is 2. The lowest BCUT2D eigenvalue weighted by atomic mass is 9.93. The smallest absolute Gasteiger partial charge is 0.241 e. The molecular formula is C19H33N3O3S. The molecule has 0 atom stereocenters. The summed E-state index contributed by atoms with van der Waals surface area (Å²) in [6, 6.07) is 3.70. The molecular weight excluding hydrogens is 350 g/mol. The molecule has 6 nitrogen and oxygen atoms in total. The van der Waals surface area contributed by atoms with Crippen molar-refractivity contribution in [3.8, 4) is 0 Å². The van der Waals surface area contributed by atoms with Gasteiger partial charge in [0.05, 0.1) is 4.90 Å². The lowest BCUT2D eigenvalue weighted by molar-refractivity contribution is -0.121. The average molecular weight is 384 g/mol. The van der Waals surface area contributed by atoms with E-state index in [2.05, 4.69) is 28.8 Å². The van der Waals surface area contributed by atoms with Crippen LogP contribution < -0.4 is 10.0 Å². The highest BCUT2D eigenvalue weighted by Crippen LogP contribution is 2.21. The highest BCUT2D eigenvalue weighted by atomic mass is 32.2. The minimum atomic E-state index is -3.63. The summed E-state index contributed by atoms with van der Waals surface area (Å²) in [4.78, 5) is 14.4. The van der Waals surface area contributed by atoms with Crippen LogP contribution >= 0.6 is 0 Å². The Morgan fingerprint density at radius 2 is 1.65 bits per heavy atom. The lowest BCUT2D eigenvalue weighted by Gasteiger charge is -2.28. The van der Waals surface area contributed by atoms with Crippen molar-refractivity contribution in [2.75, 3.05) is 33.7 Å². The Kier molecular flexibility index (Phi) is 7.80. The molecule has 0 bridgehead atoms. The molecule has 148 valence electrons. The van der Waals surface area contributed by atoms with E-state index in [0.29, 0.717) is 22.6 Å². The van der Waals surface area contributed by atoms with Gasteiger partial charge in [0.2, 0.25) is 15.9 Å². The Morgan fingerprint density at radius 3 is 2.15 bits per heavy atom. The zero-order chi connectivity index (χ0) is 20.1. The quantitative estimate of drug-likeness (QED) is 0.683. The van der Waals surface area contributed by atoms with Crippen LogP contribution in [0.5, 0.6) is 0 Å². The summed E-state index contributed by atoms with van der Waals surface area (Å²) in [5.74, 6) is -0.156. The van der Waals surface area contributed by atoms with E-state index in [4.69, 9.17) is 0 Å². The number of hydrogen-bond donors (Lipinski definition) is 2. The van der Waals surface area contributed by atoms with E-state index >= 15 is 0 Å². The van der Waals surface area contributed by atoms with Gasteiger partial charge in [-0.05, 0) is 51.4 Å². The molecule has 0 aliphatic carbocycles. The lowest BCUT2D eigenvalue weighted by Crippen LogP contribution is -2.40. The molecule has 1 amide bonds. The molecule has 0 fully saturated rings. The van der Waals surface area contributed by atoms with Crippen molar-refractivity contribution in [3.63, 3.8) is 0 Å². The monoisotopic (exact) mass is 383 g/mol. The molecule has 7 heteroatoms. The van der Waals surface area contributed by atoms with E-state index in [1.807, 2.05) is 33.2 Å². The summed E-state index contributed by atoms with van der Waals surface area (Å²) >= 11 is 0. The largest absolute Gasteiger partial charge is 0.355 e. The molecule has 1 aromatic rings. The third-order valence-corrected chi connectivity index (χ3v) is 5.79. The van der Waals surface area contributed by atoms with Gasteiger partial charge in [-0.15, -0.1) is 0 Å². The van der Waals surface area contributed by atoms with Crippen LogP contribution in [0.25, 0.3) is 0 Å². The second-order valence-corrected chi connectivity index (χ2v) is 9.76. The molecule has 1 rings (SSSR count). The number of nitrogens with zero attached hydrogens (tertiary/aromatic N) is 1. The third-order valence-electron chi connectivity index (χ3n) is 4.03. The summed E-state index contributed by atoms with van der Waals surface area (Å²) in [6.07, 6.45) is 0.112. The van der Waals surface area contributed by atoms with Gasteiger partial charge in [-0.25, -0.2) is 13.1 Å². The van der Waals surface area contributed by atoms with E-state index in [0.717, 1.165) is 12.1 Å². The molecule has 0 aliphatic heterocycles. The molecule has 26 heavy (non-hydrogen) atoms. The van der Waals surface area contributed by atoms with Crippen molar-refractivity contribution in [2.24, 2.45) is 5.41 Å². The van der Waals surface area contributed by atoms with Gasteiger partial charge in [-0.2, -0.15) is 0 Å². The summed E-state index contributed by atoms with van der Waals surface area (Å²) in [7, 11) is 0.357. The third kappa shape index (κ3) is 7.05. The first-order chi connectivity index (χ1) is 11.8. The molecule has 0 aliphatic rings. The second kappa shape index (κ2) is 8.97. The van der Waals surface area contributed by atoms with E-state index in [9.17, 15) is 13.2 Å². The Labute approximate surface area is 158 Å². The Bertz CT molecular complexity index is 717. The van der Waals surface area contributed by atoms with Crippen molar-refractivity contribution in [1.29, 1.82) is 0 Å². The summed E-state index contributed by atoms with van der Waals surface area (Å²) in [5.41, 5.74) is 2.41. The van der Waals surface area contributed by atoms with Gasteiger partial charge < -0.3 is 10.2 Å². The van der Waals surface area contributed by atoms with Crippen LogP contribution in [0.2, 0.25) is 0 Å². The van der Waals surface area contributed by atoms with Crippen LogP contribution in [-0.2, 0) is 14.8 Å². The van der Waals surface area contributed by atoms with Crippen LogP contribution in [0.15, 0.2) is 17.0 Å². The topological polar surface area (TPSA) is 78.5 Å². The van der Waals surface area contributed by atoms with Crippen molar-refractivity contribution in [3.05, 3.63) is 28.8 Å². The zero-order valence-corrected chi connectivity index (χ0v) is 17.9. The standard InChI is InChI=1S/C19H33N3O3S/c1-14-10-15(2)18(16(3)11-14)26(24,25)21-9-8-17(23)20-12-19(4,5)13-22(6)7/h10-11,21H,8-9,12-13H2,1-7H3,(H,20,23). The molecule has 0 saturated heterocycles. The first kappa shape index (κ1) is 22.6. The first-order valence-corrected chi connectivity index (χ1v) is 10.3. The van der Waals surface area contributed by atoms with Gasteiger partial charge in [0.1, 0.15) is 0 Å². The number of hydrogen-bond acceptors (Lipinski definition) is 4. The maximum absolute atomic E-state index is 12.6. The summed E-state index contributed by atoms with van der Waals surface area (Å²) in [5, 5.41) is 2.88. The minimum absolute atomic E-state index is 0.0468. The van der Waals surface area contributed by atoms with Crippen LogP contribution in [0.4, 0.5) is 0 Å². The number of sulfonamides is 1. The molecule has 1 aromatic carbocycles. The van der Waals surface area contributed by atoms with Crippen molar-refractivity contribution >= 4 is 15.9 Å². The number of rotatable bonds is 9. The Balaban J connectivity index is 2.58. The van der Waals surface area contributed by atoms with Gasteiger partial charge in [-0.1, -0.05) is 31.5 Å². The number of aryl methyl sites for hydroxylation is 3. The molecule has 0 heterocycles. The fraction of sp³-hybridized carbons (Fsp3) is 0.632. The highest BCUT2D eigenvalue weighted by molar-refractivity contribution is 7.89. The second-order valence-electron chi connectivity index (χ2n) is 8.05. The minimum Gasteiger partial charge on any atom is -0.355 e. The number of amides is 1. The van der Waals surface area contributed by atoms with Gasteiger partial charge >= 0.3 is 0 Å². The first-order valence-electron chi connectivity index (χ1n) is 8.83. The number of carbonyl (C=O) groups excluding carboxylic acids is 1. The van der Waals surface area contributed by atoms with E-state index in [1.54, 1.807) is 13.8 Å². The van der Waals surface area contributed by atoms with Crippen LogP contribution in [0.3, 0.4) is 0 Å². The van der Waals surface area contributed by atoms with Crippen molar-refractivity contribution in [1.82, 2.24) is 14.9 Å². The zero-order valence-electron chi connectivity index (χ0n) is 17.1. The van der Waals surface area contributed by atoms with Crippen LogP contribution in [-0.4, -0.2) is 53.0 Å². The molecule has 0 aromatic heterocycles. The summed E-state index contributed by atoms with van der Waals surface area (Å²) < 4.78 is 27.7. The molecule has 0 saturated carbocycles. The van der Waals surface area contributed by atoms with E-state index in [-0.39, 0.29) is 24.3 Å². The van der Waals surface area contributed by atoms with Crippen molar-refractivity contribution < 1.29 is 13.2 Å². The predicted molar refractivity (Wildman–Crippen MR) is 106 cm³/mol. The summed E-state index contributed by atoms with van der Waals surface area (Å²) in [6.45, 7) is 11.2. The Hall–Kier alpha value is -1.44. The molecule has 2 N–H and O–H groups in total. The fourth-order valence-electron chi connectivity index (χ4n) is 3.30. The molecule has 0 spiro atoms. The maximum atomic E-state index is 12.6. The number of benzene rings is 1. The number of carbonyl (C=O) groups is 1. The predicted octanol–water partition coefficient (Wildman–Crippen LogP) is 1.98. The maximum Gasteiger partial charge on any atom is 0.241 e. The normalized spacial score (nSPS) is 12.5. The fourth-order valence-corrected chi connectivity index (χ4v) is 4.78. The van der Waals surface area contributed by atoms with Gasteiger partial charge in [-0.3, -0.25) is 4.79 Å². The highest BCUT2D eigenvalue weighted by Gasteiger charge is 2.21. The Morgan fingerprint density at radius 1 is 1.12 bits per heavy atom. The van der Waals surface area contributed by atoms with Crippen LogP contribution in [0, 0.1) is 26.2 Å². The SMILES string of the molecule is Cc1cc(C)c(S(=O)(=O)NCCC(=O)NCC(C)(C)CN(C)C)c(C)c1. The van der Waals surface area contributed by atoms with Gasteiger partial charge in [0, 0.05) is 26.1 Å². The molecule has 0 radical (unpaired) electrons. The van der Waals surface area contributed by atoms with Gasteiger partial charge in [0.25, 0.3) is 0 Å². The van der Waals surface area contributed by atoms with Crippen molar-refractivity contribution in [2.45, 2.75) is 45.9 Å². The molecule has 0 unspecified atom stereocenters.